The van der Waals surface area contributed by atoms with Gasteiger partial charge in [0.05, 0.1) is 6.61 Å². The van der Waals surface area contributed by atoms with Crippen molar-refractivity contribution in [3.63, 3.8) is 0 Å². The highest BCUT2D eigenvalue weighted by Gasteiger charge is 2.16. The molecule has 0 radical (unpaired) electrons. The fraction of sp³-hybridized carbons (Fsp3) is 0.333. The molecule has 0 fully saturated rings. The molecular formula is C27H33NO2. The van der Waals surface area contributed by atoms with Crippen LogP contribution in [0.1, 0.15) is 40.2 Å². The molecule has 3 aromatic carbocycles. The van der Waals surface area contributed by atoms with Gasteiger partial charge in [-0.15, -0.1) is 0 Å². The molecule has 0 spiro atoms. The van der Waals surface area contributed by atoms with Gasteiger partial charge in [-0.25, -0.2) is 0 Å². The Bertz CT molecular complexity index is 921. The van der Waals surface area contributed by atoms with Gasteiger partial charge in [0.1, 0.15) is 0 Å². The Kier molecular flexibility index (Phi) is 7.30. The molecule has 0 saturated heterocycles. The Morgan fingerprint density at radius 3 is 1.67 bits per heavy atom. The zero-order valence-corrected chi connectivity index (χ0v) is 18.8. The lowest BCUT2D eigenvalue weighted by Crippen LogP contribution is -2.12. The van der Waals surface area contributed by atoms with Gasteiger partial charge >= 0.3 is 0 Å². The van der Waals surface area contributed by atoms with E-state index in [1.54, 1.807) is 7.11 Å². The third-order valence-electron chi connectivity index (χ3n) is 5.97. The average Bonchev–Trinajstić information content (AvgIpc) is 2.74. The van der Waals surface area contributed by atoms with Crippen LogP contribution in [-0.4, -0.2) is 25.4 Å². The van der Waals surface area contributed by atoms with Gasteiger partial charge in [0.25, 0.3) is 0 Å². The monoisotopic (exact) mass is 403 g/mol. The maximum atomic E-state index is 9.40. The van der Waals surface area contributed by atoms with E-state index >= 15 is 0 Å². The van der Waals surface area contributed by atoms with E-state index in [2.05, 4.69) is 93.3 Å². The second-order valence-corrected chi connectivity index (χ2v) is 8.13. The molecule has 3 rings (SSSR count). The van der Waals surface area contributed by atoms with Gasteiger partial charge in [-0.2, -0.15) is 0 Å². The minimum atomic E-state index is 0.160. The summed E-state index contributed by atoms with van der Waals surface area (Å²) >= 11 is 0. The van der Waals surface area contributed by atoms with Crippen molar-refractivity contribution in [2.45, 2.75) is 40.0 Å². The molecule has 0 amide bonds. The molecule has 3 heteroatoms. The summed E-state index contributed by atoms with van der Waals surface area (Å²) in [5, 5.41) is 9.40. The molecule has 0 aliphatic rings. The predicted octanol–water partition coefficient (Wildman–Crippen LogP) is 6.50. The first kappa shape index (κ1) is 22.1. The van der Waals surface area contributed by atoms with Crippen LogP contribution in [0.4, 0.5) is 17.1 Å². The van der Waals surface area contributed by atoms with E-state index in [-0.39, 0.29) is 12.5 Å². The van der Waals surface area contributed by atoms with Gasteiger partial charge in [0.2, 0.25) is 0 Å². The highest BCUT2D eigenvalue weighted by molar-refractivity contribution is 5.77. The molecule has 1 atom stereocenters. The van der Waals surface area contributed by atoms with Gasteiger partial charge < -0.3 is 14.7 Å². The second-order valence-electron chi connectivity index (χ2n) is 8.13. The van der Waals surface area contributed by atoms with Crippen LogP contribution in [0.15, 0.2) is 60.7 Å². The Labute approximate surface area is 180 Å². The Hall–Kier alpha value is -2.62. The molecule has 1 N–H and O–H groups in total. The largest absolute Gasteiger partial charge is 0.396 e. The number of rotatable bonds is 8. The fourth-order valence-electron chi connectivity index (χ4n) is 3.78. The van der Waals surface area contributed by atoms with Crippen molar-refractivity contribution in [2.24, 2.45) is 0 Å². The van der Waals surface area contributed by atoms with Gasteiger partial charge in [0.15, 0.2) is 0 Å². The third-order valence-corrected chi connectivity index (χ3v) is 5.97. The molecule has 30 heavy (non-hydrogen) atoms. The van der Waals surface area contributed by atoms with Crippen molar-refractivity contribution in [3.8, 4) is 0 Å². The molecule has 3 aromatic rings. The zero-order chi connectivity index (χ0) is 21.7. The van der Waals surface area contributed by atoms with Crippen LogP contribution >= 0.6 is 0 Å². The topological polar surface area (TPSA) is 32.7 Å². The fourth-order valence-corrected chi connectivity index (χ4v) is 3.78. The quantitative estimate of drug-likeness (QED) is 0.466. The number of methoxy groups -OCH3 is 1. The van der Waals surface area contributed by atoms with Crippen LogP contribution in [0.3, 0.4) is 0 Å². The molecule has 3 nitrogen and oxygen atoms in total. The summed E-state index contributed by atoms with van der Waals surface area (Å²) in [7, 11) is 1.71. The standard InChI is InChI=1S/C27H33NO2/c1-19-6-10-26(16-21(19)3)28(27-11-7-20(2)22(4)17-27)25-12-8-23(9-13-25)24(14-15-29)18-30-5/h6-13,16-17,24,29H,14-15,18H2,1-5H3. The summed E-state index contributed by atoms with van der Waals surface area (Å²) in [5.41, 5.74) is 9.75. The van der Waals surface area contributed by atoms with Crippen molar-refractivity contribution in [2.75, 3.05) is 25.2 Å². The molecule has 158 valence electrons. The van der Waals surface area contributed by atoms with Crippen molar-refractivity contribution in [1.82, 2.24) is 0 Å². The molecule has 0 aliphatic heterocycles. The van der Waals surface area contributed by atoms with Crippen LogP contribution in [0, 0.1) is 27.7 Å². The average molecular weight is 404 g/mol. The summed E-state index contributed by atoms with van der Waals surface area (Å²) in [5.74, 6) is 0.200. The van der Waals surface area contributed by atoms with E-state index in [1.807, 2.05) is 0 Å². The van der Waals surface area contributed by atoms with Crippen molar-refractivity contribution >= 4 is 17.1 Å². The first-order valence-electron chi connectivity index (χ1n) is 10.6. The number of aliphatic hydroxyl groups excluding tert-OH is 1. The number of hydrogen-bond acceptors (Lipinski definition) is 3. The van der Waals surface area contributed by atoms with E-state index in [1.165, 1.54) is 27.8 Å². The number of benzene rings is 3. The predicted molar refractivity (Wildman–Crippen MR) is 126 cm³/mol. The first-order chi connectivity index (χ1) is 14.4. The molecule has 0 aromatic heterocycles. The van der Waals surface area contributed by atoms with E-state index < -0.39 is 0 Å². The second kappa shape index (κ2) is 9.92. The Balaban J connectivity index is 2.05. The Morgan fingerprint density at radius 1 is 0.733 bits per heavy atom. The molecule has 0 heterocycles. The van der Waals surface area contributed by atoms with Crippen molar-refractivity contribution < 1.29 is 9.84 Å². The maximum absolute atomic E-state index is 9.40. The van der Waals surface area contributed by atoms with Crippen molar-refractivity contribution in [3.05, 3.63) is 88.5 Å². The van der Waals surface area contributed by atoms with E-state index in [0.717, 1.165) is 17.1 Å². The normalized spacial score (nSPS) is 12.1. The lowest BCUT2D eigenvalue weighted by Gasteiger charge is -2.27. The van der Waals surface area contributed by atoms with Gasteiger partial charge in [-0.05, 0) is 98.3 Å². The number of aryl methyl sites for hydroxylation is 4. The minimum Gasteiger partial charge on any atom is -0.396 e. The van der Waals surface area contributed by atoms with Crippen LogP contribution in [-0.2, 0) is 4.74 Å². The van der Waals surface area contributed by atoms with Gasteiger partial charge in [0, 0.05) is 36.7 Å². The molecule has 0 saturated carbocycles. The molecular weight excluding hydrogens is 370 g/mol. The van der Waals surface area contributed by atoms with Crippen molar-refractivity contribution in [1.29, 1.82) is 0 Å². The highest BCUT2D eigenvalue weighted by atomic mass is 16.5. The summed E-state index contributed by atoms with van der Waals surface area (Å²) in [6.45, 7) is 9.37. The summed E-state index contributed by atoms with van der Waals surface area (Å²) in [6, 6.07) is 21.9. The Morgan fingerprint density at radius 2 is 1.23 bits per heavy atom. The van der Waals surface area contributed by atoms with Crippen LogP contribution < -0.4 is 4.90 Å². The van der Waals surface area contributed by atoms with E-state index in [9.17, 15) is 5.11 Å². The van der Waals surface area contributed by atoms with E-state index in [4.69, 9.17) is 4.74 Å². The van der Waals surface area contributed by atoms with Crippen LogP contribution in [0.5, 0.6) is 0 Å². The molecule has 0 aliphatic carbocycles. The number of anilines is 3. The zero-order valence-electron chi connectivity index (χ0n) is 18.8. The van der Waals surface area contributed by atoms with Crippen LogP contribution in [0.2, 0.25) is 0 Å². The van der Waals surface area contributed by atoms with Crippen LogP contribution in [0.25, 0.3) is 0 Å². The third kappa shape index (κ3) is 4.92. The summed E-state index contributed by atoms with van der Waals surface area (Å²) in [6.07, 6.45) is 0.700. The summed E-state index contributed by atoms with van der Waals surface area (Å²) in [4.78, 5) is 2.31. The lowest BCUT2D eigenvalue weighted by molar-refractivity contribution is 0.162. The maximum Gasteiger partial charge on any atom is 0.0531 e. The highest BCUT2D eigenvalue weighted by Crippen LogP contribution is 2.37. The van der Waals surface area contributed by atoms with Gasteiger partial charge in [-0.3, -0.25) is 0 Å². The number of hydrogen-bond donors (Lipinski definition) is 1. The smallest absolute Gasteiger partial charge is 0.0531 e. The molecule has 0 bridgehead atoms. The number of ether oxygens (including phenoxy) is 1. The summed E-state index contributed by atoms with van der Waals surface area (Å²) < 4.78 is 5.35. The van der Waals surface area contributed by atoms with E-state index in [0.29, 0.717) is 13.0 Å². The molecule has 1 unspecified atom stereocenters. The lowest BCUT2D eigenvalue weighted by atomic mass is 9.96. The minimum absolute atomic E-state index is 0.160. The number of aliphatic hydroxyl groups is 1. The first-order valence-corrected chi connectivity index (χ1v) is 10.6. The SMILES string of the molecule is COCC(CCO)c1ccc(N(c2ccc(C)c(C)c2)c2ccc(C)c(C)c2)cc1. The number of nitrogens with zero attached hydrogens (tertiary/aromatic N) is 1. The van der Waals surface area contributed by atoms with Gasteiger partial charge in [-0.1, -0.05) is 24.3 Å².